The third kappa shape index (κ3) is 7.44. The molecule has 0 spiro atoms. The van der Waals surface area contributed by atoms with Crippen LogP contribution in [0, 0.1) is 0 Å². The molecule has 2 amide bonds. The third-order valence-corrected chi connectivity index (χ3v) is 4.06. The van der Waals surface area contributed by atoms with Crippen LogP contribution in [0.2, 0.25) is 0 Å². The molecule has 0 bridgehead atoms. The molecule has 1 aliphatic heterocycles. The van der Waals surface area contributed by atoms with Crippen molar-refractivity contribution in [3.63, 3.8) is 0 Å². The first kappa shape index (κ1) is 20.2. The molecule has 6 nitrogen and oxygen atoms in total. The maximum Gasteiger partial charge on any atom is 0.409 e. The van der Waals surface area contributed by atoms with Crippen LogP contribution in [0.5, 0.6) is 0 Å². The van der Waals surface area contributed by atoms with Crippen molar-refractivity contribution in [2.75, 3.05) is 19.7 Å². The van der Waals surface area contributed by atoms with Gasteiger partial charge < -0.3 is 14.4 Å². The lowest BCUT2D eigenvalue weighted by molar-refractivity contribution is -0.139. The highest BCUT2D eigenvalue weighted by atomic mass is 16.6. The number of ether oxygens (including phenoxy) is 2. The summed E-state index contributed by atoms with van der Waals surface area (Å²) in [4.78, 5) is 26.3. The number of carbonyl (C=O) groups excluding carboxylic acids is 2. The Morgan fingerprint density at radius 1 is 1.12 bits per heavy atom. The minimum absolute atomic E-state index is 0.0336. The molecule has 1 saturated heterocycles. The number of hydrogen-bond donors (Lipinski definition) is 1. The summed E-state index contributed by atoms with van der Waals surface area (Å²) in [5.41, 5.74) is 0.421. The molecule has 1 atom stereocenters. The van der Waals surface area contributed by atoms with Crippen LogP contribution < -0.4 is 5.32 Å². The van der Waals surface area contributed by atoms with Gasteiger partial charge in [-0.15, -0.1) is 0 Å². The highest BCUT2D eigenvalue weighted by Crippen LogP contribution is 2.11. The number of alkyl carbamates (subject to hydrolysis) is 1. The zero-order valence-electron chi connectivity index (χ0n) is 16.0. The van der Waals surface area contributed by atoms with Gasteiger partial charge in [0.2, 0.25) is 5.91 Å². The van der Waals surface area contributed by atoms with Crippen molar-refractivity contribution in [1.82, 2.24) is 10.2 Å². The van der Waals surface area contributed by atoms with Gasteiger partial charge in [-0.1, -0.05) is 30.3 Å². The van der Waals surface area contributed by atoms with E-state index in [0.717, 1.165) is 31.5 Å². The van der Waals surface area contributed by atoms with E-state index in [1.165, 1.54) is 6.42 Å². The molecule has 26 heavy (non-hydrogen) atoms. The first-order valence-corrected chi connectivity index (χ1v) is 9.26. The van der Waals surface area contributed by atoms with Gasteiger partial charge in [0.25, 0.3) is 0 Å². The van der Waals surface area contributed by atoms with Gasteiger partial charge in [-0.25, -0.2) is 4.79 Å². The molecular weight excluding hydrogens is 332 g/mol. The highest BCUT2D eigenvalue weighted by Gasteiger charge is 2.22. The lowest BCUT2D eigenvalue weighted by atomic mass is 10.1. The van der Waals surface area contributed by atoms with E-state index in [4.69, 9.17) is 9.47 Å². The predicted molar refractivity (Wildman–Crippen MR) is 99.7 cm³/mol. The van der Waals surface area contributed by atoms with E-state index < -0.39 is 17.9 Å². The zero-order chi connectivity index (χ0) is 19.0. The smallest absolute Gasteiger partial charge is 0.409 e. The second kappa shape index (κ2) is 9.57. The van der Waals surface area contributed by atoms with Crippen molar-refractivity contribution >= 4 is 12.0 Å². The molecular formula is C20H30N2O4. The van der Waals surface area contributed by atoms with Gasteiger partial charge in [0.1, 0.15) is 18.4 Å². The van der Waals surface area contributed by atoms with Gasteiger partial charge >= 0.3 is 6.09 Å². The topological polar surface area (TPSA) is 67.9 Å². The van der Waals surface area contributed by atoms with Gasteiger partial charge in [-0.05, 0) is 45.6 Å². The largest absolute Gasteiger partial charge is 0.444 e. The summed E-state index contributed by atoms with van der Waals surface area (Å²) in [6.07, 6.45) is 2.53. The molecule has 0 aliphatic carbocycles. The summed E-state index contributed by atoms with van der Waals surface area (Å²) in [6, 6.07) is 9.71. The van der Waals surface area contributed by atoms with E-state index in [9.17, 15) is 9.59 Å². The van der Waals surface area contributed by atoms with E-state index in [2.05, 4.69) is 5.32 Å². The van der Waals surface area contributed by atoms with Gasteiger partial charge in [0.15, 0.2) is 0 Å². The Labute approximate surface area is 155 Å². The summed E-state index contributed by atoms with van der Waals surface area (Å²) >= 11 is 0. The Balaban J connectivity index is 1.93. The Morgan fingerprint density at radius 2 is 1.77 bits per heavy atom. The third-order valence-electron chi connectivity index (χ3n) is 4.06. The molecule has 1 aromatic rings. The number of nitrogens with zero attached hydrogens (tertiary/aromatic N) is 1. The first-order valence-electron chi connectivity index (χ1n) is 9.26. The number of rotatable bonds is 6. The van der Waals surface area contributed by atoms with Crippen LogP contribution in [0.15, 0.2) is 30.3 Å². The van der Waals surface area contributed by atoms with Crippen LogP contribution in [-0.2, 0) is 20.7 Å². The number of carbonyl (C=O) groups is 2. The molecule has 144 valence electrons. The number of amides is 2. The lowest BCUT2D eigenvalue weighted by Gasteiger charge is -2.28. The van der Waals surface area contributed by atoms with E-state index in [1.807, 2.05) is 35.2 Å². The Kier molecular flexibility index (Phi) is 7.45. The van der Waals surface area contributed by atoms with Crippen molar-refractivity contribution in [3.05, 3.63) is 35.9 Å². The molecule has 1 aromatic carbocycles. The molecule has 6 heteroatoms. The van der Waals surface area contributed by atoms with E-state index >= 15 is 0 Å². The van der Waals surface area contributed by atoms with Crippen molar-refractivity contribution in [2.24, 2.45) is 0 Å². The van der Waals surface area contributed by atoms with Gasteiger partial charge in [0.05, 0.1) is 0 Å². The molecule has 0 saturated carbocycles. The Hall–Kier alpha value is -2.08. The highest BCUT2D eigenvalue weighted by molar-refractivity contribution is 5.77. The van der Waals surface area contributed by atoms with Crippen molar-refractivity contribution in [2.45, 2.75) is 58.3 Å². The molecule has 2 rings (SSSR count). The van der Waals surface area contributed by atoms with Gasteiger partial charge in [0, 0.05) is 19.5 Å². The molecule has 0 aromatic heterocycles. The Morgan fingerprint density at radius 3 is 2.38 bits per heavy atom. The van der Waals surface area contributed by atoms with Crippen LogP contribution >= 0.6 is 0 Å². The van der Waals surface area contributed by atoms with Crippen LogP contribution in [0.25, 0.3) is 0 Å². The van der Waals surface area contributed by atoms with Crippen molar-refractivity contribution in [1.29, 1.82) is 0 Å². The zero-order valence-corrected chi connectivity index (χ0v) is 16.0. The minimum atomic E-state index is -0.624. The average molecular weight is 362 g/mol. The van der Waals surface area contributed by atoms with E-state index in [-0.39, 0.29) is 12.5 Å². The molecule has 1 heterocycles. The number of nitrogens with one attached hydrogen (secondary N) is 1. The summed E-state index contributed by atoms with van der Waals surface area (Å²) < 4.78 is 11.0. The monoisotopic (exact) mass is 362 g/mol. The van der Waals surface area contributed by atoms with E-state index in [1.54, 1.807) is 20.8 Å². The predicted octanol–water partition coefficient (Wildman–Crippen LogP) is 3.11. The van der Waals surface area contributed by atoms with Crippen LogP contribution in [0.1, 0.15) is 45.6 Å². The summed E-state index contributed by atoms with van der Waals surface area (Å²) in [6.45, 7) is 6.93. The fourth-order valence-electron chi connectivity index (χ4n) is 2.83. The second-order valence-electron chi connectivity index (χ2n) is 7.58. The standard InChI is InChI=1S/C20H30N2O4/c1-20(2,3)26-19(24)21-17(14-16-10-6-4-7-11-16)25-15-18(23)22-12-8-5-9-13-22/h4,6-7,10-11,17H,5,8-9,12-15H2,1-3H3,(H,21,24)/t17-/m1/s1. The molecule has 1 N–H and O–H groups in total. The molecule has 0 unspecified atom stereocenters. The Bertz CT molecular complexity index is 577. The summed E-state index contributed by atoms with van der Waals surface area (Å²) in [5, 5.41) is 2.73. The summed E-state index contributed by atoms with van der Waals surface area (Å²) in [7, 11) is 0. The van der Waals surface area contributed by atoms with Crippen LogP contribution in [-0.4, -0.2) is 48.4 Å². The SMILES string of the molecule is CC(C)(C)OC(=O)N[C@@H](Cc1ccccc1)OCC(=O)N1CCCCC1. The molecule has 1 fully saturated rings. The number of piperidine rings is 1. The van der Waals surface area contributed by atoms with E-state index in [0.29, 0.717) is 6.42 Å². The van der Waals surface area contributed by atoms with Gasteiger partial charge in [-0.2, -0.15) is 0 Å². The van der Waals surface area contributed by atoms with Crippen LogP contribution in [0.3, 0.4) is 0 Å². The lowest BCUT2D eigenvalue weighted by Crippen LogP contribution is -2.44. The molecule has 1 aliphatic rings. The summed E-state index contributed by atoms with van der Waals surface area (Å²) in [5.74, 6) is -0.0336. The van der Waals surface area contributed by atoms with Crippen molar-refractivity contribution < 1.29 is 19.1 Å². The average Bonchev–Trinajstić information content (AvgIpc) is 2.59. The normalized spacial score (nSPS) is 16.0. The number of hydrogen-bond acceptors (Lipinski definition) is 4. The number of benzene rings is 1. The van der Waals surface area contributed by atoms with Crippen molar-refractivity contribution in [3.8, 4) is 0 Å². The number of likely N-dealkylation sites (tertiary alicyclic amines) is 1. The minimum Gasteiger partial charge on any atom is -0.444 e. The van der Waals surface area contributed by atoms with Gasteiger partial charge in [-0.3, -0.25) is 10.1 Å². The fraction of sp³-hybridized carbons (Fsp3) is 0.600. The quantitative estimate of drug-likeness (QED) is 0.790. The maximum absolute atomic E-state index is 12.3. The fourth-order valence-corrected chi connectivity index (χ4v) is 2.83. The maximum atomic E-state index is 12.3. The first-order chi connectivity index (χ1) is 12.3. The second-order valence-corrected chi connectivity index (χ2v) is 7.58. The molecule has 0 radical (unpaired) electrons. The van der Waals surface area contributed by atoms with Crippen LogP contribution in [0.4, 0.5) is 4.79 Å².